The molecule has 4 nitrogen and oxygen atoms in total. The van der Waals surface area contributed by atoms with E-state index in [2.05, 4.69) is 20.7 Å². The van der Waals surface area contributed by atoms with Crippen LogP contribution in [0.15, 0.2) is 39.0 Å². The Bertz CT molecular complexity index is 760. The van der Waals surface area contributed by atoms with Crippen molar-refractivity contribution in [2.24, 2.45) is 0 Å². The van der Waals surface area contributed by atoms with Gasteiger partial charge in [-0.15, -0.1) is 11.3 Å². The molecule has 1 N–H and O–H groups in total. The Balaban J connectivity index is 2.36. The van der Waals surface area contributed by atoms with Crippen LogP contribution in [0, 0.1) is 18.3 Å². The third-order valence-electron chi connectivity index (χ3n) is 2.40. The minimum atomic E-state index is -3.65. The second kappa shape index (κ2) is 5.33. The molecule has 0 radical (unpaired) electrons. The van der Waals surface area contributed by atoms with Crippen LogP contribution in [-0.2, 0) is 10.0 Å². The molecule has 19 heavy (non-hydrogen) atoms. The van der Waals surface area contributed by atoms with Crippen LogP contribution in [0.3, 0.4) is 0 Å². The van der Waals surface area contributed by atoms with Crippen molar-refractivity contribution in [1.29, 1.82) is 5.26 Å². The van der Waals surface area contributed by atoms with Gasteiger partial charge < -0.3 is 0 Å². The molecule has 2 rings (SSSR count). The highest BCUT2D eigenvalue weighted by molar-refractivity contribution is 9.10. The van der Waals surface area contributed by atoms with Crippen molar-refractivity contribution >= 4 is 43.0 Å². The molecule has 7 heteroatoms. The first-order valence-electron chi connectivity index (χ1n) is 5.21. The van der Waals surface area contributed by atoms with Gasteiger partial charge in [0.2, 0.25) is 0 Å². The van der Waals surface area contributed by atoms with Crippen molar-refractivity contribution in [2.75, 3.05) is 4.72 Å². The van der Waals surface area contributed by atoms with Crippen LogP contribution >= 0.6 is 27.3 Å². The summed E-state index contributed by atoms with van der Waals surface area (Å²) in [5.74, 6) is 0. The zero-order chi connectivity index (χ0) is 14.0. The lowest BCUT2D eigenvalue weighted by molar-refractivity contribution is 0.603. The van der Waals surface area contributed by atoms with Gasteiger partial charge in [-0.25, -0.2) is 8.42 Å². The molecule has 0 aliphatic heterocycles. The first-order valence-corrected chi connectivity index (χ1v) is 8.30. The van der Waals surface area contributed by atoms with Gasteiger partial charge in [-0.1, -0.05) is 22.0 Å². The summed E-state index contributed by atoms with van der Waals surface area (Å²) >= 11 is 4.25. The van der Waals surface area contributed by atoms with Crippen LogP contribution < -0.4 is 4.72 Å². The highest BCUT2D eigenvalue weighted by Crippen LogP contribution is 2.26. The van der Waals surface area contributed by atoms with E-state index in [9.17, 15) is 8.42 Å². The summed E-state index contributed by atoms with van der Waals surface area (Å²) in [6.07, 6.45) is 0. The number of nitriles is 1. The summed E-state index contributed by atoms with van der Waals surface area (Å²) in [6, 6.07) is 10.2. The fourth-order valence-corrected chi connectivity index (χ4v) is 4.01. The number of rotatable bonds is 3. The van der Waals surface area contributed by atoms with Gasteiger partial charge in [-0.05, 0) is 36.8 Å². The molecule has 0 aliphatic rings. The van der Waals surface area contributed by atoms with Gasteiger partial charge in [0, 0.05) is 4.47 Å². The van der Waals surface area contributed by atoms with Gasteiger partial charge in [0.05, 0.1) is 5.69 Å². The smallest absolute Gasteiger partial charge is 0.271 e. The summed E-state index contributed by atoms with van der Waals surface area (Å²) in [5, 5.41) is 8.73. The van der Waals surface area contributed by atoms with E-state index in [1.165, 1.54) is 12.1 Å². The molecular formula is C12H9BrN2O2S2. The molecule has 0 bridgehead atoms. The summed E-state index contributed by atoms with van der Waals surface area (Å²) < 4.78 is 27.8. The standard InChI is InChI=1S/C12H9BrN2O2S2/c1-8-2-3-9(13)6-11(8)15-19(16,17)12-5-4-10(7-14)18-12/h2-6,15H,1H3. The molecule has 1 aromatic heterocycles. The largest absolute Gasteiger partial charge is 0.279 e. The van der Waals surface area contributed by atoms with Crippen LogP contribution in [0.4, 0.5) is 5.69 Å². The predicted molar refractivity (Wildman–Crippen MR) is 78.7 cm³/mol. The Morgan fingerprint density at radius 2 is 2.05 bits per heavy atom. The number of nitrogens with zero attached hydrogens (tertiary/aromatic N) is 1. The molecule has 0 fully saturated rings. The summed E-state index contributed by atoms with van der Waals surface area (Å²) in [4.78, 5) is 0.367. The van der Waals surface area contributed by atoms with Crippen LogP contribution in [-0.4, -0.2) is 8.42 Å². The van der Waals surface area contributed by atoms with Gasteiger partial charge in [0.15, 0.2) is 0 Å². The Hall–Kier alpha value is -1.36. The molecular weight excluding hydrogens is 348 g/mol. The molecule has 2 aromatic rings. The first kappa shape index (κ1) is 14.1. The number of halogens is 1. The Labute approximate surface area is 123 Å². The van der Waals surface area contributed by atoms with Crippen LogP contribution in [0.2, 0.25) is 0 Å². The Kier molecular flexibility index (Phi) is 3.94. The zero-order valence-electron chi connectivity index (χ0n) is 9.84. The van der Waals surface area contributed by atoms with Crippen LogP contribution in [0.1, 0.15) is 10.4 Å². The minimum Gasteiger partial charge on any atom is -0.279 e. The highest BCUT2D eigenvalue weighted by Gasteiger charge is 2.18. The lowest BCUT2D eigenvalue weighted by atomic mass is 10.2. The maximum absolute atomic E-state index is 12.2. The Morgan fingerprint density at radius 1 is 1.32 bits per heavy atom. The van der Waals surface area contributed by atoms with Gasteiger partial charge in [0.1, 0.15) is 15.2 Å². The number of aryl methyl sites for hydroxylation is 1. The van der Waals surface area contributed by atoms with Crippen molar-refractivity contribution in [3.05, 3.63) is 45.2 Å². The molecule has 0 unspecified atom stereocenters. The lowest BCUT2D eigenvalue weighted by Crippen LogP contribution is -2.12. The van der Waals surface area contributed by atoms with E-state index < -0.39 is 10.0 Å². The lowest BCUT2D eigenvalue weighted by Gasteiger charge is -2.09. The second-order valence-corrected chi connectivity index (χ2v) is 7.70. The monoisotopic (exact) mass is 356 g/mol. The number of benzene rings is 1. The van der Waals surface area contributed by atoms with Gasteiger partial charge in [-0.3, -0.25) is 4.72 Å². The number of hydrogen-bond acceptors (Lipinski definition) is 4. The number of nitrogens with one attached hydrogen (secondary N) is 1. The van der Waals surface area contributed by atoms with Crippen molar-refractivity contribution in [3.8, 4) is 6.07 Å². The van der Waals surface area contributed by atoms with Crippen molar-refractivity contribution in [1.82, 2.24) is 0 Å². The van der Waals surface area contributed by atoms with Gasteiger partial charge >= 0.3 is 0 Å². The Morgan fingerprint density at radius 3 is 2.68 bits per heavy atom. The molecule has 0 spiro atoms. The quantitative estimate of drug-likeness (QED) is 0.914. The van der Waals surface area contributed by atoms with Crippen molar-refractivity contribution < 1.29 is 8.42 Å². The number of sulfonamides is 1. The molecule has 98 valence electrons. The van der Waals surface area contributed by atoms with E-state index in [1.54, 1.807) is 6.07 Å². The third-order valence-corrected chi connectivity index (χ3v) is 5.74. The first-order chi connectivity index (χ1) is 8.92. The van der Waals surface area contributed by atoms with Gasteiger partial charge in [-0.2, -0.15) is 5.26 Å². The minimum absolute atomic E-state index is 0.128. The van der Waals surface area contributed by atoms with E-state index in [0.29, 0.717) is 10.6 Å². The fraction of sp³-hybridized carbons (Fsp3) is 0.0833. The topological polar surface area (TPSA) is 70.0 Å². The average molecular weight is 357 g/mol. The van der Waals surface area contributed by atoms with E-state index >= 15 is 0 Å². The maximum atomic E-state index is 12.2. The molecule has 0 aliphatic carbocycles. The van der Waals surface area contributed by atoms with Crippen molar-refractivity contribution in [3.63, 3.8) is 0 Å². The molecule has 0 saturated carbocycles. The van der Waals surface area contributed by atoms with E-state index in [-0.39, 0.29) is 4.21 Å². The number of anilines is 1. The second-order valence-electron chi connectivity index (χ2n) is 3.80. The number of thiophene rings is 1. The normalized spacial score (nSPS) is 11.0. The number of hydrogen-bond donors (Lipinski definition) is 1. The van der Waals surface area contributed by atoms with E-state index in [0.717, 1.165) is 21.4 Å². The maximum Gasteiger partial charge on any atom is 0.271 e. The highest BCUT2D eigenvalue weighted by atomic mass is 79.9. The predicted octanol–water partition coefficient (Wildman–Crippen LogP) is 3.49. The molecule has 1 heterocycles. The third kappa shape index (κ3) is 3.15. The van der Waals surface area contributed by atoms with E-state index in [1.807, 2.05) is 25.1 Å². The summed E-state index contributed by atoms with van der Waals surface area (Å²) in [6.45, 7) is 1.82. The molecule has 0 atom stereocenters. The molecule has 0 amide bonds. The average Bonchev–Trinajstić information content (AvgIpc) is 2.83. The van der Waals surface area contributed by atoms with E-state index in [4.69, 9.17) is 5.26 Å². The van der Waals surface area contributed by atoms with Crippen LogP contribution in [0.25, 0.3) is 0 Å². The van der Waals surface area contributed by atoms with Crippen molar-refractivity contribution in [2.45, 2.75) is 11.1 Å². The zero-order valence-corrected chi connectivity index (χ0v) is 13.1. The molecule has 0 saturated heterocycles. The summed E-state index contributed by atoms with van der Waals surface area (Å²) in [5.41, 5.74) is 1.34. The van der Waals surface area contributed by atoms with Gasteiger partial charge in [0.25, 0.3) is 10.0 Å². The summed E-state index contributed by atoms with van der Waals surface area (Å²) in [7, 11) is -3.65. The van der Waals surface area contributed by atoms with Crippen LogP contribution in [0.5, 0.6) is 0 Å². The fourth-order valence-electron chi connectivity index (χ4n) is 1.42. The SMILES string of the molecule is Cc1ccc(Br)cc1NS(=O)(=O)c1ccc(C#N)s1. The molecule has 1 aromatic carbocycles.